The van der Waals surface area contributed by atoms with Crippen LogP contribution in [0.4, 0.5) is 0 Å². The average molecular weight is 1070 g/mol. The molecule has 1 saturated carbocycles. The molecule has 20 nitrogen and oxygen atoms in total. The van der Waals surface area contributed by atoms with Crippen LogP contribution in [0, 0.1) is 29.6 Å². The number of ketones is 3. The number of Topliss-reactive ketones (excluding diaryl/α,β-unsaturated/α-hetero) is 3. The van der Waals surface area contributed by atoms with Gasteiger partial charge < -0.3 is 76.0 Å². The molecule has 1 heterocycles. The first kappa shape index (κ1) is 61.9. The second-order valence-corrected chi connectivity index (χ2v) is 20.2. The highest BCUT2D eigenvalue weighted by atomic mass is 16.6. The van der Waals surface area contributed by atoms with Crippen LogP contribution in [0.15, 0.2) is 42.5 Å². The normalized spacial score (nSPS) is 16.9. The van der Waals surface area contributed by atoms with Gasteiger partial charge in [0.1, 0.15) is 35.2 Å². The summed E-state index contributed by atoms with van der Waals surface area (Å²) in [6, 6.07) is 8.84. The molecular weight excluding hydrogens is 981 g/mol. The van der Waals surface area contributed by atoms with Gasteiger partial charge in [0.2, 0.25) is 5.91 Å². The molecule has 4 aromatic rings. The van der Waals surface area contributed by atoms with Crippen molar-refractivity contribution in [2.24, 2.45) is 46.8 Å². The van der Waals surface area contributed by atoms with E-state index in [4.69, 9.17) is 55.3 Å². The number of aliphatic hydroxyl groups is 3. The predicted octanol–water partition coefficient (Wildman–Crippen LogP) is 4.77. The predicted molar refractivity (Wildman–Crippen MR) is 287 cm³/mol. The van der Waals surface area contributed by atoms with Crippen LogP contribution < -0.4 is 32.0 Å². The Morgan fingerprint density at radius 1 is 0.737 bits per heavy atom. The van der Waals surface area contributed by atoms with E-state index in [1.165, 1.54) is 19.9 Å². The number of benzene rings is 3. The number of aliphatic hydroxyl groups excluding tert-OH is 3. The van der Waals surface area contributed by atoms with E-state index in [1.807, 2.05) is 32.0 Å². The number of nitrogens with two attached hydrogens (primary N) is 3. The highest BCUT2D eigenvalue weighted by Gasteiger charge is 2.46. The zero-order valence-electron chi connectivity index (χ0n) is 45.4. The molecule has 76 heavy (non-hydrogen) atoms. The maximum absolute atomic E-state index is 15.5. The first-order valence-electron chi connectivity index (χ1n) is 26.8. The van der Waals surface area contributed by atoms with Crippen LogP contribution in [0.25, 0.3) is 21.8 Å². The third-order valence-electron chi connectivity index (χ3n) is 14.4. The SMILES string of the molecule is CC[C@@H](C)[C@@H](N)C(=O)NCc1nc2c(C(C)=O)c(C(=O)C(C(C)C)C(O)C(O)C(N)C(C(=O)[C@@H](N)[C@@H](C)O)C3CCCCC3)c(Oc3cccc4c(OCCOCCOCCOCCOCCOC)cccc34)cc2[nH]1. The largest absolute Gasteiger partial charge is 0.491 e. The summed E-state index contributed by atoms with van der Waals surface area (Å²) in [5.74, 6) is -4.71. The number of nitrogens with one attached hydrogen (secondary N) is 2. The van der Waals surface area contributed by atoms with Crippen molar-refractivity contribution in [2.75, 3.05) is 73.2 Å². The van der Waals surface area contributed by atoms with Crippen molar-refractivity contribution in [3.8, 4) is 17.2 Å². The molecule has 9 atom stereocenters. The molecule has 11 N–H and O–H groups in total. The Labute approximate surface area is 446 Å². The van der Waals surface area contributed by atoms with E-state index >= 15 is 4.79 Å². The van der Waals surface area contributed by atoms with Gasteiger partial charge in [-0.2, -0.15) is 0 Å². The van der Waals surface area contributed by atoms with Crippen molar-refractivity contribution >= 4 is 45.1 Å². The van der Waals surface area contributed by atoms with Gasteiger partial charge in [0.15, 0.2) is 17.3 Å². The Kier molecular flexibility index (Phi) is 25.1. The molecule has 1 amide bonds. The quantitative estimate of drug-likeness (QED) is 0.0227. The fraction of sp³-hybridized carbons (Fsp3) is 0.625. The van der Waals surface area contributed by atoms with Crippen LogP contribution in [-0.4, -0.2) is 158 Å². The number of rotatable bonds is 35. The molecule has 0 spiro atoms. The molecule has 0 aliphatic heterocycles. The van der Waals surface area contributed by atoms with Crippen LogP contribution in [0.1, 0.15) is 107 Å². The molecule has 5 rings (SSSR count). The van der Waals surface area contributed by atoms with Crippen molar-refractivity contribution in [3.05, 3.63) is 59.4 Å². The summed E-state index contributed by atoms with van der Waals surface area (Å²) in [7, 11) is 1.62. The molecule has 1 aliphatic rings. The topological polar surface area (TPSA) is 312 Å². The van der Waals surface area contributed by atoms with Crippen molar-refractivity contribution in [3.63, 3.8) is 0 Å². The first-order chi connectivity index (χ1) is 36.4. The molecule has 20 heteroatoms. The molecular formula is C56H84N6O14. The third-order valence-corrected chi connectivity index (χ3v) is 14.4. The molecule has 0 bridgehead atoms. The Morgan fingerprint density at radius 2 is 1.30 bits per heavy atom. The Bertz CT molecular complexity index is 2480. The average Bonchev–Trinajstić information content (AvgIpc) is 3.85. The van der Waals surface area contributed by atoms with Gasteiger partial charge in [-0.05, 0) is 56.6 Å². The van der Waals surface area contributed by atoms with Gasteiger partial charge in [0.05, 0.1) is 119 Å². The van der Waals surface area contributed by atoms with Gasteiger partial charge in [-0.25, -0.2) is 4.98 Å². The molecule has 0 radical (unpaired) electrons. The van der Waals surface area contributed by atoms with E-state index in [2.05, 4.69) is 10.3 Å². The summed E-state index contributed by atoms with van der Waals surface area (Å²) in [5.41, 5.74) is 19.3. The third kappa shape index (κ3) is 16.5. The van der Waals surface area contributed by atoms with E-state index < -0.39 is 77.4 Å². The summed E-state index contributed by atoms with van der Waals surface area (Å²) < 4.78 is 40.1. The van der Waals surface area contributed by atoms with E-state index in [9.17, 15) is 29.7 Å². The van der Waals surface area contributed by atoms with E-state index in [0.29, 0.717) is 99.9 Å². The van der Waals surface area contributed by atoms with E-state index in [1.54, 1.807) is 39.2 Å². The van der Waals surface area contributed by atoms with Crippen molar-refractivity contribution in [1.29, 1.82) is 0 Å². The highest BCUT2D eigenvalue weighted by molar-refractivity contribution is 6.17. The monoisotopic (exact) mass is 1060 g/mol. The van der Waals surface area contributed by atoms with Crippen molar-refractivity contribution in [2.45, 2.75) is 123 Å². The number of carbonyl (C=O) groups excluding carboxylic acids is 4. The van der Waals surface area contributed by atoms with Crippen LogP contribution >= 0.6 is 0 Å². The number of hydrogen-bond donors (Lipinski definition) is 8. The molecule has 1 aromatic heterocycles. The number of ether oxygens (including phenoxy) is 7. The lowest BCUT2D eigenvalue weighted by molar-refractivity contribution is -0.132. The van der Waals surface area contributed by atoms with Crippen LogP contribution in [-0.2, 0) is 39.8 Å². The Balaban J connectivity index is 1.45. The number of aromatic amines is 1. The summed E-state index contributed by atoms with van der Waals surface area (Å²) in [6.45, 7) is 13.9. The number of H-pyrrole nitrogens is 1. The smallest absolute Gasteiger partial charge is 0.237 e. The number of hydrogen-bond acceptors (Lipinski definition) is 18. The Morgan fingerprint density at radius 3 is 1.86 bits per heavy atom. The molecule has 0 saturated heterocycles. The van der Waals surface area contributed by atoms with Gasteiger partial charge in [-0.3, -0.25) is 19.2 Å². The highest BCUT2D eigenvalue weighted by Crippen LogP contribution is 2.41. The van der Waals surface area contributed by atoms with Gasteiger partial charge in [-0.15, -0.1) is 0 Å². The molecule has 422 valence electrons. The van der Waals surface area contributed by atoms with Crippen LogP contribution in [0.2, 0.25) is 0 Å². The lowest BCUT2D eigenvalue weighted by Gasteiger charge is -2.39. The van der Waals surface area contributed by atoms with Gasteiger partial charge >= 0.3 is 0 Å². The molecule has 1 aliphatic carbocycles. The van der Waals surface area contributed by atoms with Gasteiger partial charge in [-0.1, -0.05) is 77.6 Å². The summed E-state index contributed by atoms with van der Waals surface area (Å²) in [5, 5.41) is 38.8. The number of methoxy groups -OCH3 is 1. The number of imidazole rings is 1. The fourth-order valence-corrected chi connectivity index (χ4v) is 9.79. The number of aromatic nitrogens is 2. The minimum atomic E-state index is -1.86. The maximum Gasteiger partial charge on any atom is 0.237 e. The van der Waals surface area contributed by atoms with Crippen LogP contribution in [0.3, 0.4) is 0 Å². The number of fused-ring (bicyclic) bond motifs is 2. The number of nitrogens with zero attached hydrogens (tertiary/aromatic N) is 1. The fourth-order valence-electron chi connectivity index (χ4n) is 9.79. The molecule has 1 fully saturated rings. The number of carbonyl (C=O) groups is 4. The standard InChI is InChI=1S/C56H84N6O14/c1-8-33(4)48(57)56(69)60-31-43-61-39-30-42(76-41-19-13-16-37-38(41)17-12-18-40(37)75-29-28-74-27-26-73-25-24-72-23-22-71-21-20-70-7)47(45(34(5)63)51(39)62-43)52(65)44(32(2)3)54(67)55(68)50(59)46(36-14-10-9-11-15-36)53(66)49(58)35(6)64/h12-13,16-19,30,32-33,35-36,44,46,48-50,54-55,64,67-68H,8-11,14-15,20-29,31,57-59H2,1-7H3,(H,60,69)(H,61,62)/t33-,35-,44?,46?,48-,49+,50?,54?,55?/m1/s1. The summed E-state index contributed by atoms with van der Waals surface area (Å²) in [6.07, 6.45) is -0.322. The minimum absolute atomic E-state index is 0.0662. The van der Waals surface area contributed by atoms with Crippen molar-refractivity contribution in [1.82, 2.24) is 15.3 Å². The van der Waals surface area contributed by atoms with E-state index in [-0.39, 0.29) is 59.8 Å². The summed E-state index contributed by atoms with van der Waals surface area (Å²) >= 11 is 0. The van der Waals surface area contributed by atoms with Crippen LogP contribution in [0.5, 0.6) is 17.2 Å². The van der Waals surface area contributed by atoms with Crippen molar-refractivity contribution < 1.29 is 67.7 Å². The first-order valence-corrected chi connectivity index (χ1v) is 26.8. The number of amides is 1. The minimum Gasteiger partial charge on any atom is -0.491 e. The lowest BCUT2D eigenvalue weighted by Crippen LogP contribution is -2.58. The van der Waals surface area contributed by atoms with Gasteiger partial charge in [0, 0.05) is 35.9 Å². The van der Waals surface area contributed by atoms with Gasteiger partial charge in [0.25, 0.3) is 0 Å². The van der Waals surface area contributed by atoms with E-state index in [0.717, 1.165) is 19.3 Å². The molecule has 5 unspecified atom stereocenters. The lowest BCUT2D eigenvalue weighted by atomic mass is 9.69. The molecule has 3 aromatic carbocycles. The maximum atomic E-state index is 15.5. The zero-order chi connectivity index (χ0) is 55.5. The Hall–Kier alpha value is -4.97. The zero-order valence-corrected chi connectivity index (χ0v) is 45.4. The summed E-state index contributed by atoms with van der Waals surface area (Å²) in [4.78, 5) is 64.5. The second-order valence-electron chi connectivity index (χ2n) is 20.2. The second kappa shape index (κ2) is 30.8.